The summed E-state index contributed by atoms with van der Waals surface area (Å²) in [6.07, 6.45) is 2.48. The maximum atomic E-state index is 13.4. The maximum absolute atomic E-state index is 13.4. The molecule has 0 N–H and O–H groups in total. The Hall–Kier alpha value is -2.59. The number of benzene rings is 3. The lowest BCUT2D eigenvalue weighted by molar-refractivity contribution is 0.303. The summed E-state index contributed by atoms with van der Waals surface area (Å²) in [6, 6.07) is 17.5. The van der Waals surface area contributed by atoms with Gasteiger partial charge >= 0.3 is 0 Å². The van der Waals surface area contributed by atoms with E-state index in [1.807, 2.05) is 43.3 Å². The molecular formula is C26H22BrFIN3O2. The summed E-state index contributed by atoms with van der Waals surface area (Å²) in [6.45, 7) is 4.36. The van der Waals surface area contributed by atoms with Gasteiger partial charge in [-0.3, -0.25) is 4.79 Å². The fraction of sp³-hybridized carbons (Fsp3) is 0.192. The molecule has 0 radical (unpaired) electrons. The van der Waals surface area contributed by atoms with Crippen molar-refractivity contribution in [1.29, 1.82) is 0 Å². The van der Waals surface area contributed by atoms with Crippen LogP contribution in [0.2, 0.25) is 0 Å². The highest BCUT2D eigenvalue weighted by molar-refractivity contribution is 14.1. The summed E-state index contributed by atoms with van der Waals surface area (Å²) >= 11 is 5.62. The van der Waals surface area contributed by atoms with Gasteiger partial charge in [0.2, 0.25) is 0 Å². The smallest absolute Gasteiger partial charge is 0.282 e. The van der Waals surface area contributed by atoms with Crippen molar-refractivity contribution in [2.24, 2.45) is 5.10 Å². The quantitative estimate of drug-likeness (QED) is 0.165. The molecule has 0 saturated heterocycles. The molecule has 0 spiro atoms. The van der Waals surface area contributed by atoms with E-state index in [1.165, 1.54) is 16.8 Å². The molecule has 0 unspecified atom stereocenters. The largest absolute Gasteiger partial charge is 0.488 e. The predicted molar refractivity (Wildman–Crippen MR) is 145 cm³/mol. The van der Waals surface area contributed by atoms with Gasteiger partial charge in [0.15, 0.2) is 0 Å². The lowest BCUT2D eigenvalue weighted by Gasteiger charge is -2.14. The van der Waals surface area contributed by atoms with Crippen LogP contribution in [0.5, 0.6) is 5.75 Å². The molecule has 0 saturated carbocycles. The number of hydrogen-bond donors (Lipinski definition) is 0. The highest BCUT2D eigenvalue weighted by atomic mass is 127. The van der Waals surface area contributed by atoms with Crippen LogP contribution in [0.15, 0.2) is 75.0 Å². The normalized spacial score (nSPS) is 12.4. The van der Waals surface area contributed by atoms with Crippen LogP contribution >= 0.6 is 38.5 Å². The third kappa shape index (κ3) is 5.55. The molecule has 0 aliphatic rings. The molecule has 0 fully saturated rings. The summed E-state index contributed by atoms with van der Waals surface area (Å²) in [5.41, 5.74) is 2.03. The Morgan fingerprint density at radius 3 is 2.76 bits per heavy atom. The lowest BCUT2D eigenvalue weighted by Crippen LogP contribution is -2.23. The van der Waals surface area contributed by atoms with E-state index < -0.39 is 0 Å². The van der Waals surface area contributed by atoms with E-state index in [0.29, 0.717) is 22.5 Å². The summed E-state index contributed by atoms with van der Waals surface area (Å²) in [5, 5.41) is 5.02. The number of nitrogens with zero attached hydrogens (tertiary/aromatic N) is 3. The van der Waals surface area contributed by atoms with Gasteiger partial charge in [-0.25, -0.2) is 9.37 Å². The van der Waals surface area contributed by atoms with Crippen molar-refractivity contribution in [3.63, 3.8) is 0 Å². The summed E-state index contributed by atoms with van der Waals surface area (Å²) in [5.74, 6) is 1.10. The van der Waals surface area contributed by atoms with E-state index in [9.17, 15) is 9.18 Å². The molecule has 3 aromatic carbocycles. The fourth-order valence-electron chi connectivity index (χ4n) is 3.41. The molecular weight excluding hydrogens is 612 g/mol. The van der Waals surface area contributed by atoms with Gasteiger partial charge in [0.25, 0.3) is 5.56 Å². The molecule has 174 valence electrons. The zero-order valence-electron chi connectivity index (χ0n) is 18.6. The van der Waals surface area contributed by atoms with E-state index in [0.717, 1.165) is 25.6 Å². The van der Waals surface area contributed by atoms with E-state index in [2.05, 4.69) is 50.5 Å². The van der Waals surface area contributed by atoms with Crippen molar-refractivity contribution in [2.75, 3.05) is 0 Å². The van der Waals surface area contributed by atoms with Crippen molar-refractivity contribution in [3.8, 4) is 5.75 Å². The Kier molecular flexibility index (Phi) is 7.77. The third-order valence-corrected chi connectivity index (χ3v) is 6.78. The van der Waals surface area contributed by atoms with Crippen molar-refractivity contribution < 1.29 is 9.13 Å². The van der Waals surface area contributed by atoms with Gasteiger partial charge < -0.3 is 4.74 Å². The molecule has 8 heteroatoms. The standard InChI is InChI=1S/C26H22BrFIN3O2/c1-3-16(2)25-31-23-9-8-19(27)13-21(23)26(33)32(25)30-14-17-7-10-24(22(29)12-17)34-15-18-5-4-6-20(28)11-18/h4-14,16H,3,15H2,1-2H3/t16-/m0/s1. The van der Waals surface area contributed by atoms with Gasteiger partial charge in [-0.15, -0.1) is 0 Å². The van der Waals surface area contributed by atoms with Crippen LogP contribution in [0.3, 0.4) is 0 Å². The van der Waals surface area contributed by atoms with Crippen LogP contribution in [-0.4, -0.2) is 15.9 Å². The lowest BCUT2D eigenvalue weighted by atomic mass is 10.1. The average molecular weight is 634 g/mol. The maximum Gasteiger partial charge on any atom is 0.282 e. The minimum atomic E-state index is -0.287. The van der Waals surface area contributed by atoms with Crippen LogP contribution in [0.4, 0.5) is 4.39 Å². The van der Waals surface area contributed by atoms with Crippen LogP contribution in [0.1, 0.15) is 43.1 Å². The first-order valence-corrected chi connectivity index (χ1v) is 12.7. The third-order valence-electron chi connectivity index (χ3n) is 5.45. The fourth-order valence-corrected chi connectivity index (χ4v) is 4.46. The van der Waals surface area contributed by atoms with E-state index >= 15 is 0 Å². The Labute approximate surface area is 219 Å². The number of hydrogen-bond acceptors (Lipinski definition) is 4. The zero-order valence-corrected chi connectivity index (χ0v) is 22.4. The number of ether oxygens (including phenoxy) is 1. The van der Waals surface area contributed by atoms with Crippen LogP contribution in [-0.2, 0) is 6.61 Å². The van der Waals surface area contributed by atoms with Gasteiger partial charge in [-0.1, -0.05) is 41.9 Å². The summed E-state index contributed by atoms with van der Waals surface area (Å²) < 4.78 is 22.3. The second-order valence-corrected chi connectivity index (χ2v) is 9.99. The Bertz CT molecular complexity index is 1440. The molecule has 0 aliphatic carbocycles. The topological polar surface area (TPSA) is 56.5 Å². The molecule has 4 aromatic rings. The Morgan fingerprint density at radius 2 is 2.03 bits per heavy atom. The second-order valence-electron chi connectivity index (χ2n) is 7.91. The summed E-state index contributed by atoms with van der Waals surface area (Å²) in [7, 11) is 0. The SMILES string of the molecule is CC[C@H](C)c1nc2ccc(Br)cc2c(=O)n1N=Cc1ccc(OCc2cccc(F)c2)c(I)c1. The van der Waals surface area contributed by atoms with Crippen molar-refractivity contribution in [3.05, 3.63) is 102 Å². The van der Waals surface area contributed by atoms with Crippen LogP contribution in [0.25, 0.3) is 10.9 Å². The molecule has 4 rings (SSSR count). The molecule has 34 heavy (non-hydrogen) atoms. The van der Waals surface area contributed by atoms with Crippen molar-refractivity contribution in [2.45, 2.75) is 32.8 Å². The summed E-state index contributed by atoms with van der Waals surface area (Å²) in [4.78, 5) is 18.0. The monoisotopic (exact) mass is 633 g/mol. The molecule has 0 amide bonds. The van der Waals surface area contributed by atoms with E-state index in [-0.39, 0.29) is 23.9 Å². The average Bonchev–Trinajstić information content (AvgIpc) is 2.82. The Balaban J connectivity index is 1.62. The first-order chi connectivity index (χ1) is 16.4. The predicted octanol–water partition coefficient (Wildman–Crippen LogP) is 6.88. The number of rotatable bonds is 7. The van der Waals surface area contributed by atoms with E-state index in [4.69, 9.17) is 9.72 Å². The van der Waals surface area contributed by atoms with Gasteiger partial charge in [-0.2, -0.15) is 9.78 Å². The number of aromatic nitrogens is 2. The molecule has 1 aromatic heterocycles. The van der Waals surface area contributed by atoms with Gasteiger partial charge in [-0.05, 0) is 88.7 Å². The molecule has 1 atom stereocenters. The van der Waals surface area contributed by atoms with Crippen LogP contribution in [0, 0.1) is 9.39 Å². The van der Waals surface area contributed by atoms with Crippen molar-refractivity contribution in [1.82, 2.24) is 9.66 Å². The van der Waals surface area contributed by atoms with Crippen molar-refractivity contribution >= 4 is 55.6 Å². The second kappa shape index (κ2) is 10.8. The minimum absolute atomic E-state index is 0.0663. The number of halogens is 3. The molecule has 1 heterocycles. The van der Waals surface area contributed by atoms with E-state index in [1.54, 1.807) is 18.3 Å². The zero-order chi connectivity index (χ0) is 24.2. The van der Waals surface area contributed by atoms with Crippen LogP contribution < -0.4 is 10.3 Å². The Morgan fingerprint density at radius 1 is 1.21 bits per heavy atom. The van der Waals surface area contributed by atoms with Gasteiger partial charge in [0.1, 0.15) is 24.0 Å². The highest BCUT2D eigenvalue weighted by Crippen LogP contribution is 2.24. The number of fused-ring (bicyclic) bond motifs is 1. The van der Waals surface area contributed by atoms with Gasteiger partial charge in [0.05, 0.1) is 20.7 Å². The highest BCUT2D eigenvalue weighted by Gasteiger charge is 2.15. The molecule has 0 bridgehead atoms. The molecule has 5 nitrogen and oxygen atoms in total. The minimum Gasteiger partial charge on any atom is -0.488 e. The van der Waals surface area contributed by atoms with Gasteiger partial charge in [0, 0.05) is 10.4 Å². The first kappa shape index (κ1) is 24.5. The molecule has 0 aliphatic heterocycles. The first-order valence-electron chi connectivity index (χ1n) is 10.8.